The molecule has 0 heterocycles. The SMILES string of the molecule is CCCC(Cl)C1(N)CCC(CC)CC(C(S)C(C)C)C1. The van der Waals surface area contributed by atoms with Crippen LogP contribution in [0.2, 0.25) is 0 Å². The van der Waals surface area contributed by atoms with Crippen LogP contribution in [-0.4, -0.2) is 16.2 Å². The number of thiol groups is 1. The number of nitrogens with two attached hydrogens (primary N) is 1. The first-order valence-corrected chi connectivity index (χ1v) is 9.40. The predicted octanol–water partition coefficient (Wildman–Crippen LogP) is 5.26. The summed E-state index contributed by atoms with van der Waals surface area (Å²) in [7, 11) is 0. The van der Waals surface area contributed by atoms with Crippen LogP contribution in [0.4, 0.5) is 0 Å². The summed E-state index contributed by atoms with van der Waals surface area (Å²) in [4.78, 5) is 0. The van der Waals surface area contributed by atoms with Gasteiger partial charge < -0.3 is 5.73 Å². The highest BCUT2D eigenvalue weighted by Gasteiger charge is 2.40. The maximum Gasteiger partial charge on any atom is 0.0515 e. The Balaban J connectivity index is 2.88. The molecular weight excluding hydrogens is 286 g/mol. The van der Waals surface area contributed by atoms with Crippen molar-refractivity contribution in [1.29, 1.82) is 0 Å². The first-order valence-electron chi connectivity index (χ1n) is 8.45. The van der Waals surface area contributed by atoms with E-state index in [0.717, 1.165) is 31.6 Å². The second-order valence-corrected chi connectivity index (χ2v) is 8.36. The second kappa shape index (κ2) is 8.29. The topological polar surface area (TPSA) is 26.0 Å². The third-order valence-electron chi connectivity index (χ3n) is 5.21. The number of hydrogen-bond donors (Lipinski definition) is 2. The molecule has 1 aliphatic rings. The van der Waals surface area contributed by atoms with Crippen molar-refractivity contribution in [1.82, 2.24) is 0 Å². The van der Waals surface area contributed by atoms with E-state index < -0.39 is 0 Å². The van der Waals surface area contributed by atoms with Gasteiger partial charge >= 0.3 is 0 Å². The number of rotatable bonds is 6. The minimum atomic E-state index is -0.192. The average molecular weight is 320 g/mol. The largest absolute Gasteiger partial charge is 0.324 e. The van der Waals surface area contributed by atoms with E-state index in [2.05, 4.69) is 27.7 Å². The highest BCUT2D eigenvalue weighted by atomic mass is 35.5. The van der Waals surface area contributed by atoms with Gasteiger partial charge in [0.2, 0.25) is 0 Å². The molecule has 1 fully saturated rings. The summed E-state index contributed by atoms with van der Waals surface area (Å²) in [5.41, 5.74) is 6.58. The van der Waals surface area contributed by atoms with Gasteiger partial charge in [0.1, 0.15) is 0 Å². The fraction of sp³-hybridized carbons (Fsp3) is 1.00. The van der Waals surface area contributed by atoms with Gasteiger partial charge in [-0.25, -0.2) is 0 Å². The quantitative estimate of drug-likeness (QED) is 0.389. The molecular formula is C17H34ClNS. The van der Waals surface area contributed by atoms with E-state index in [1.165, 1.54) is 19.3 Å². The zero-order valence-electron chi connectivity index (χ0n) is 13.7. The van der Waals surface area contributed by atoms with Crippen LogP contribution in [0.3, 0.4) is 0 Å². The van der Waals surface area contributed by atoms with Gasteiger partial charge in [0.15, 0.2) is 0 Å². The molecule has 0 bridgehead atoms. The highest BCUT2D eigenvalue weighted by molar-refractivity contribution is 7.81. The van der Waals surface area contributed by atoms with Gasteiger partial charge in [-0.15, -0.1) is 11.6 Å². The molecule has 0 aliphatic heterocycles. The minimum absolute atomic E-state index is 0.110. The van der Waals surface area contributed by atoms with Crippen LogP contribution in [0.1, 0.15) is 72.6 Å². The van der Waals surface area contributed by atoms with Crippen molar-refractivity contribution < 1.29 is 0 Å². The smallest absolute Gasteiger partial charge is 0.0515 e. The van der Waals surface area contributed by atoms with E-state index >= 15 is 0 Å². The van der Waals surface area contributed by atoms with Crippen LogP contribution >= 0.6 is 24.2 Å². The third-order valence-corrected chi connectivity index (χ3v) is 6.88. The van der Waals surface area contributed by atoms with Crippen LogP contribution in [0.5, 0.6) is 0 Å². The molecule has 1 rings (SSSR count). The maximum absolute atomic E-state index is 6.77. The molecule has 20 heavy (non-hydrogen) atoms. The molecule has 0 aromatic carbocycles. The minimum Gasteiger partial charge on any atom is -0.324 e. The van der Waals surface area contributed by atoms with Crippen LogP contribution in [0, 0.1) is 17.8 Å². The van der Waals surface area contributed by atoms with Crippen molar-refractivity contribution in [3.63, 3.8) is 0 Å². The fourth-order valence-electron chi connectivity index (χ4n) is 3.69. The van der Waals surface area contributed by atoms with Crippen LogP contribution in [0.15, 0.2) is 0 Å². The molecule has 5 unspecified atom stereocenters. The summed E-state index contributed by atoms with van der Waals surface area (Å²) >= 11 is 11.6. The molecule has 0 saturated heterocycles. The molecule has 1 saturated carbocycles. The van der Waals surface area contributed by atoms with E-state index in [9.17, 15) is 0 Å². The Labute approximate surface area is 136 Å². The standard InChI is InChI=1S/C17H34ClNS/c1-5-7-15(18)17(19)9-8-13(6-2)10-14(11-17)16(20)12(3)4/h12-16,20H,5-11,19H2,1-4H3. The zero-order valence-corrected chi connectivity index (χ0v) is 15.4. The Kier molecular flexibility index (Phi) is 7.73. The van der Waals surface area contributed by atoms with Crippen molar-refractivity contribution >= 4 is 24.2 Å². The van der Waals surface area contributed by atoms with E-state index in [1.54, 1.807) is 0 Å². The van der Waals surface area contributed by atoms with Crippen LogP contribution in [0.25, 0.3) is 0 Å². The van der Waals surface area contributed by atoms with Crippen molar-refractivity contribution in [2.45, 2.75) is 88.8 Å². The number of alkyl halides is 1. The lowest BCUT2D eigenvalue weighted by molar-refractivity contribution is 0.274. The van der Waals surface area contributed by atoms with Gasteiger partial charge in [0.05, 0.1) is 5.38 Å². The van der Waals surface area contributed by atoms with Crippen molar-refractivity contribution in [2.75, 3.05) is 0 Å². The molecule has 0 amide bonds. The van der Waals surface area contributed by atoms with Gasteiger partial charge in [-0.2, -0.15) is 12.6 Å². The Bertz CT molecular complexity index is 284. The summed E-state index contributed by atoms with van der Waals surface area (Å²) in [5, 5.41) is 0.550. The molecule has 5 atom stereocenters. The summed E-state index contributed by atoms with van der Waals surface area (Å²) in [6.45, 7) is 9.04. The van der Waals surface area contributed by atoms with Gasteiger partial charge in [0, 0.05) is 10.8 Å². The van der Waals surface area contributed by atoms with Crippen molar-refractivity contribution in [2.24, 2.45) is 23.5 Å². The zero-order chi connectivity index (χ0) is 15.3. The average Bonchev–Trinajstić information content (AvgIpc) is 2.58. The Morgan fingerprint density at radius 2 is 2.00 bits per heavy atom. The first-order chi connectivity index (χ1) is 9.34. The molecule has 0 radical (unpaired) electrons. The third kappa shape index (κ3) is 4.81. The van der Waals surface area contributed by atoms with Crippen LogP contribution in [-0.2, 0) is 0 Å². The highest BCUT2D eigenvalue weighted by Crippen LogP contribution is 2.42. The first kappa shape index (κ1) is 18.6. The summed E-state index contributed by atoms with van der Waals surface area (Å²) < 4.78 is 0. The van der Waals surface area contributed by atoms with Crippen molar-refractivity contribution in [3.05, 3.63) is 0 Å². The second-order valence-electron chi connectivity index (χ2n) is 7.24. The van der Waals surface area contributed by atoms with Crippen LogP contribution < -0.4 is 5.73 Å². The summed E-state index contributed by atoms with van der Waals surface area (Å²) in [6.07, 6.45) is 8.03. The van der Waals surface area contributed by atoms with E-state index in [0.29, 0.717) is 17.1 Å². The molecule has 0 aromatic heterocycles. The lowest BCUT2D eigenvalue weighted by Crippen LogP contribution is -2.50. The summed E-state index contributed by atoms with van der Waals surface area (Å²) in [6, 6.07) is 0. The fourth-order valence-corrected chi connectivity index (χ4v) is 4.34. The maximum atomic E-state index is 6.77. The van der Waals surface area contributed by atoms with E-state index in [1.807, 2.05) is 0 Å². The molecule has 0 spiro atoms. The van der Waals surface area contributed by atoms with Gasteiger partial charge in [-0.1, -0.05) is 40.5 Å². The Morgan fingerprint density at radius 3 is 2.50 bits per heavy atom. The number of hydrogen-bond acceptors (Lipinski definition) is 2. The lowest BCUT2D eigenvalue weighted by Gasteiger charge is -2.37. The van der Waals surface area contributed by atoms with Gasteiger partial charge in [0.25, 0.3) is 0 Å². The van der Waals surface area contributed by atoms with E-state index in [4.69, 9.17) is 30.0 Å². The van der Waals surface area contributed by atoms with E-state index in [-0.39, 0.29) is 10.9 Å². The molecule has 1 aliphatic carbocycles. The molecule has 3 heteroatoms. The Hall–Kier alpha value is 0.600. The predicted molar refractivity (Wildman–Crippen MR) is 94.8 cm³/mol. The Morgan fingerprint density at radius 1 is 1.35 bits per heavy atom. The number of halogens is 1. The normalized spacial score (nSPS) is 34.8. The van der Waals surface area contributed by atoms with Crippen molar-refractivity contribution in [3.8, 4) is 0 Å². The van der Waals surface area contributed by atoms with Gasteiger partial charge in [-0.05, 0) is 49.9 Å². The molecule has 2 N–H and O–H groups in total. The lowest BCUT2D eigenvalue weighted by atomic mass is 9.79. The molecule has 0 aromatic rings. The monoisotopic (exact) mass is 319 g/mol. The summed E-state index contributed by atoms with van der Waals surface area (Å²) in [5.74, 6) is 2.00. The van der Waals surface area contributed by atoms with Gasteiger partial charge in [-0.3, -0.25) is 0 Å². The molecule has 1 nitrogen and oxygen atoms in total. The molecule has 120 valence electrons.